The SMILES string of the molecule is C[Si](C)(C)CCOCn1cc(O)c(=O)c(-c2nccn2CC(Cc2ccccc2)C(c2ccc(F)cc2)S(=O)(=O)O)n1. The highest BCUT2D eigenvalue weighted by molar-refractivity contribution is 7.86. The molecular formula is C29H35FN4O6SSi. The Morgan fingerprint density at radius 1 is 1.07 bits per heavy atom. The van der Waals surface area contributed by atoms with E-state index in [1.807, 2.05) is 30.3 Å². The Balaban J connectivity index is 1.71. The minimum atomic E-state index is -4.67. The number of nitrogens with zero attached hydrogens (tertiary/aromatic N) is 4. The van der Waals surface area contributed by atoms with E-state index in [-0.39, 0.29) is 36.8 Å². The van der Waals surface area contributed by atoms with E-state index in [0.29, 0.717) is 6.61 Å². The van der Waals surface area contributed by atoms with Crippen LogP contribution in [0.5, 0.6) is 5.75 Å². The fourth-order valence-corrected chi connectivity index (χ4v) is 6.65. The molecule has 0 saturated carbocycles. The van der Waals surface area contributed by atoms with E-state index in [1.165, 1.54) is 29.2 Å². The highest BCUT2D eigenvalue weighted by Crippen LogP contribution is 2.34. The van der Waals surface area contributed by atoms with E-state index >= 15 is 0 Å². The van der Waals surface area contributed by atoms with Crippen LogP contribution in [0.15, 0.2) is 78.0 Å². The van der Waals surface area contributed by atoms with E-state index in [2.05, 4.69) is 29.7 Å². The van der Waals surface area contributed by atoms with Gasteiger partial charge < -0.3 is 14.4 Å². The van der Waals surface area contributed by atoms with E-state index in [0.717, 1.165) is 23.7 Å². The molecule has 0 radical (unpaired) electrons. The van der Waals surface area contributed by atoms with Crippen LogP contribution in [-0.4, -0.2) is 52.1 Å². The smallest absolute Gasteiger partial charge is 0.272 e. The lowest BCUT2D eigenvalue weighted by atomic mass is 9.91. The van der Waals surface area contributed by atoms with Crippen LogP contribution in [0.1, 0.15) is 16.4 Å². The van der Waals surface area contributed by atoms with Gasteiger partial charge in [-0.05, 0) is 35.7 Å². The minimum absolute atomic E-state index is 0.00442. The third kappa shape index (κ3) is 8.22. The predicted molar refractivity (Wildman–Crippen MR) is 160 cm³/mol. The van der Waals surface area contributed by atoms with Crippen LogP contribution in [0, 0.1) is 11.7 Å². The molecule has 2 unspecified atom stereocenters. The van der Waals surface area contributed by atoms with Crippen LogP contribution in [-0.2, 0) is 34.6 Å². The Bertz CT molecular complexity index is 1650. The average Bonchev–Trinajstić information content (AvgIpc) is 3.37. The maximum absolute atomic E-state index is 13.7. The summed E-state index contributed by atoms with van der Waals surface area (Å²) in [4.78, 5) is 17.3. The number of ether oxygens (including phenoxy) is 1. The van der Waals surface area contributed by atoms with Gasteiger partial charge in [-0.15, -0.1) is 0 Å². The van der Waals surface area contributed by atoms with Gasteiger partial charge in [0.05, 0.1) is 6.20 Å². The summed E-state index contributed by atoms with van der Waals surface area (Å²) in [6.45, 7) is 7.20. The monoisotopic (exact) mass is 614 g/mol. The topological polar surface area (TPSA) is 137 Å². The third-order valence-electron chi connectivity index (χ3n) is 6.81. The Hall–Kier alpha value is -3.65. The molecule has 2 aromatic carbocycles. The lowest BCUT2D eigenvalue weighted by molar-refractivity contribution is 0.0769. The second-order valence-corrected chi connectivity index (χ2v) is 18.6. The van der Waals surface area contributed by atoms with Crippen LogP contribution in [0.4, 0.5) is 4.39 Å². The summed E-state index contributed by atoms with van der Waals surface area (Å²) in [5.41, 5.74) is 0.144. The zero-order valence-electron chi connectivity index (χ0n) is 23.7. The van der Waals surface area contributed by atoms with Crippen molar-refractivity contribution in [1.82, 2.24) is 19.3 Å². The van der Waals surface area contributed by atoms with Crippen LogP contribution >= 0.6 is 0 Å². The molecular weight excluding hydrogens is 579 g/mol. The second-order valence-electron chi connectivity index (χ2n) is 11.4. The molecule has 4 rings (SSSR count). The van der Waals surface area contributed by atoms with Gasteiger partial charge in [-0.3, -0.25) is 9.35 Å². The maximum Gasteiger partial charge on any atom is 0.272 e. The van der Waals surface area contributed by atoms with Crippen molar-refractivity contribution < 1.29 is 27.2 Å². The quantitative estimate of drug-likeness (QED) is 0.125. The molecule has 0 aliphatic rings. The van der Waals surface area contributed by atoms with Gasteiger partial charge in [-0.1, -0.05) is 62.1 Å². The average molecular weight is 615 g/mol. The lowest BCUT2D eigenvalue weighted by Gasteiger charge is -2.26. The van der Waals surface area contributed by atoms with Crippen molar-refractivity contribution in [2.75, 3.05) is 6.61 Å². The van der Waals surface area contributed by atoms with Crippen LogP contribution in [0.3, 0.4) is 0 Å². The Kier molecular flexibility index (Phi) is 9.77. The zero-order chi connectivity index (χ0) is 30.5. The van der Waals surface area contributed by atoms with Gasteiger partial charge >= 0.3 is 0 Å². The first-order chi connectivity index (χ1) is 19.8. The van der Waals surface area contributed by atoms with Gasteiger partial charge in [-0.2, -0.15) is 13.5 Å². The number of halogens is 1. The molecule has 0 amide bonds. The summed E-state index contributed by atoms with van der Waals surface area (Å²) in [6, 6.07) is 15.0. The van der Waals surface area contributed by atoms with Gasteiger partial charge in [0.1, 0.15) is 17.8 Å². The summed E-state index contributed by atoms with van der Waals surface area (Å²) in [5.74, 6) is -1.74. The number of imidazole rings is 1. The van der Waals surface area contributed by atoms with Gasteiger partial charge in [0, 0.05) is 39.5 Å². The number of aromatic hydroxyl groups is 1. The van der Waals surface area contributed by atoms with E-state index in [1.54, 1.807) is 10.8 Å². The zero-order valence-corrected chi connectivity index (χ0v) is 25.5. The molecule has 2 heterocycles. The summed E-state index contributed by atoms with van der Waals surface area (Å²) in [5, 5.41) is 13.3. The molecule has 2 aromatic heterocycles. The molecule has 0 fully saturated rings. The molecule has 0 aliphatic heterocycles. The van der Waals surface area contributed by atoms with Crippen molar-refractivity contribution in [1.29, 1.82) is 0 Å². The van der Waals surface area contributed by atoms with Crippen molar-refractivity contribution in [3.8, 4) is 17.3 Å². The van der Waals surface area contributed by atoms with Crippen LogP contribution < -0.4 is 5.43 Å². The fraction of sp³-hybridized carbons (Fsp3) is 0.345. The molecule has 42 heavy (non-hydrogen) atoms. The highest BCUT2D eigenvalue weighted by atomic mass is 32.2. The summed E-state index contributed by atoms with van der Waals surface area (Å²) in [7, 11) is -5.99. The van der Waals surface area contributed by atoms with Gasteiger partial charge in [-0.25, -0.2) is 14.1 Å². The molecule has 224 valence electrons. The van der Waals surface area contributed by atoms with Gasteiger partial charge in [0.15, 0.2) is 17.3 Å². The number of hydrogen-bond acceptors (Lipinski definition) is 7. The normalized spacial score (nSPS) is 13.6. The van der Waals surface area contributed by atoms with Crippen LogP contribution in [0.2, 0.25) is 25.7 Å². The van der Waals surface area contributed by atoms with Crippen molar-refractivity contribution >= 4 is 18.2 Å². The fourth-order valence-electron chi connectivity index (χ4n) is 4.72. The third-order valence-corrected chi connectivity index (χ3v) is 9.82. The van der Waals surface area contributed by atoms with Crippen molar-refractivity contribution in [3.63, 3.8) is 0 Å². The second kappa shape index (κ2) is 13.1. The van der Waals surface area contributed by atoms with Crippen molar-refractivity contribution in [2.24, 2.45) is 5.92 Å². The molecule has 0 bridgehead atoms. The lowest BCUT2D eigenvalue weighted by Crippen LogP contribution is -2.28. The minimum Gasteiger partial charge on any atom is -0.503 e. The standard InChI is InChI=1S/C29H35FN4O6SSi/c1-42(2,3)16-15-40-20-34-19-25(35)27(36)26(32-34)29-31-13-14-33(29)18-23(17-21-7-5-4-6-8-21)28(41(37,38)39)22-9-11-24(30)12-10-22/h4-14,19,23,28,35H,15-18,20H2,1-3H3,(H,37,38,39). The Morgan fingerprint density at radius 3 is 2.40 bits per heavy atom. The molecule has 0 saturated heterocycles. The largest absolute Gasteiger partial charge is 0.503 e. The predicted octanol–water partition coefficient (Wildman–Crippen LogP) is 4.75. The van der Waals surface area contributed by atoms with Crippen molar-refractivity contribution in [2.45, 2.75) is 50.6 Å². The summed E-state index contributed by atoms with van der Waals surface area (Å²) in [6.07, 6.45) is 4.42. The number of aromatic nitrogens is 4. The summed E-state index contributed by atoms with van der Waals surface area (Å²) < 4.78 is 58.3. The first-order valence-corrected chi connectivity index (χ1v) is 18.7. The number of rotatable bonds is 13. The maximum atomic E-state index is 13.7. The molecule has 2 atom stereocenters. The van der Waals surface area contributed by atoms with E-state index in [4.69, 9.17) is 4.74 Å². The number of hydrogen-bond donors (Lipinski definition) is 2. The van der Waals surface area contributed by atoms with Gasteiger partial charge in [0.25, 0.3) is 15.5 Å². The van der Waals surface area contributed by atoms with Crippen LogP contribution in [0.25, 0.3) is 11.5 Å². The van der Waals surface area contributed by atoms with E-state index in [9.17, 15) is 27.3 Å². The Labute approximate surface area is 245 Å². The first kappa shape index (κ1) is 31.3. The molecule has 2 N–H and O–H groups in total. The van der Waals surface area contributed by atoms with Crippen molar-refractivity contribution in [3.05, 3.63) is 100 Å². The molecule has 4 aromatic rings. The first-order valence-electron chi connectivity index (χ1n) is 13.5. The highest BCUT2D eigenvalue weighted by Gasteiger charge is 2.35. The molecule has 0 aliphatic carbocycles. The molecule has 10 nitrogen and oxygen atoms in total. The molecule has 13 heteroatoms. The molecule has 0 spiro atoms. The Morgan fingerprint density at radius 2 is 1.76 bits per heavy atom. The number of benzene rings is 2. The summed E-state index contributed by atoms with van der Waals surface area (Å²) >= 11 is 0. The van der Waals surface area contributed by atoms with Gasteiger partial charge in [0.2, 0.25) is 0 Å². The van der Waals surface area contributed by atoms with E-state index < -0.39 is 46.4 Å².